The van der Waals surface area contributed by atoms with Gasteiger partial charge in [0.05, 0.1) is 0 Å². The molecule has 0 aromatic carbocycles. The molecule has 0 aromatic heterocycles. The second-order valence-corrected chi connectivity index (χ2v) is 3.61. The third-order valence-corrected chi connectivity index (χ3v) is 2.60. The number of hydrogen-bond acceptors (Lipinski definition) is 1. The molecule has 1 rings (SSSR count). The Hall–Kier alpha value is -0.0400. The van der Waals surface area contributed by atoms with Crippen molar-refractivity contribution >= 4 is 0 Å². The van der Waals surface area contributed by atoms with Crippen LogP contribution >= 0.6 is 0 Å². The first-order chi connectivity index (χ1) is 5.83. The molecule has 1 nitrogen and oxygen atoms in total. The van der Waals surface area contributed by atoms with Crippen LogP contribution in [0.5, 0.6) is 0 Å². The van der Waals surface area contributed by atoms with E-state index in [0.29, 0.717) is 0 Å². The summed E-state index contributed by atoms with van der Waals surface area (Å²) in [7, 11) is 0. The molecule has 1 saturated heterocycles. The third-order valence-electron chi connectivity index (χ3n) is 2.60. The molecule has 1 fully saturated rings. The van der Waals surface area contributed by atoms with Crippen molar-refractivity contribution in [2.75, 3.05) is 13.1 Å². The zero-order valence-corrected chi connectivity index (χ0v) is 9.19. The fourth-order valence-electron chi connectivity index (χ4n) is 1.65. The molecular formula is C11H25N. The van der Waals surface area contributed by atoms with Crippen molar-refractivity contribution in [3.63, 3.8) is 0 Å². The Morgan fingerprint density at radius 3 is 2.50 bits per heavy atom. The molecule has 74 valence electrons. The fraction of sp³-hybridized carbons (Fsp3) is 1.00. The van der Waals surface area contributed by atoms with Gasteiger partial charge in [-0.1, -0.05) is 34.1 Å². The maximum atomic E-state index is 3.40. The first-order valence-electron chi connectivity index (χ1n) is 5.53. The zero-order chi connectivity index (χ0) is 9.40. The summed E-state index contributed by atoms with van der Waals surface area (Å²) in [5.41, 5.74) is 0. The number of hydrogen-bond donors (Lipinski definition) is 1. The van der Waals surface area contributed by atoms with E-state index in [0.717, 1.165) is 11.8 Å². The molecule has 12 heavy (non-hydrogen) atoms. The highest BCUT2D eigenvalue weighted by Crippen LogP contribution is 2.19. The van der Waals surface area contributed by atoms with Gasteiger partial charge in [0, 0.05) is 0 Å². The SMILES string of the molecule is CC.CCC(C)CC1CCNC1. The van der Waals surface area contributed by atoms with Gasteiger partial charge in [-0.3, -0.25) is 0 Å². The first kappa shape index (κ1) is 12.0. The van der Waals surface area contributed by atoms with E-state index in [-0.39, 0.29) is 0 Å². The lowest BCUT2D eigenvalue weighted by atomic mass is 9.94. The Bertz CT molecular complexity index is 85.0. The van der Waals surface area contributed by atoms with Gasteiger partial charge in [-0.15, -0.1) is 0 Å². The quantitative estimate of drug-likeness (QED) is 0.688. The summed E-state index contributed by atoms with van der Waals surface area (Å²) in [6.07, 6.45) is 4.18. The molecule has 0 saturated carbocycles. The molecule has 0 aliphatic carbocycles. The average molecular weight is 171 g/mol. The van der Waals surface area contributed by atoms with Crippen molar-refractivity contribution < 1.29 is 0 Å². The van der Waals surface area contributed by atoms with Crippen LogP contribution in [0.15, 0.2) is 0 Å². The van der Waals surface area contributed by atoms with Crippen LogP contribution < -0.4 is 5.32 Å². The highest BCUT2D eigenvalue weighted by Gasteiger charge is 2.15. The predicted molar refractivity (Wildman–Crippen MR) is 56.4 cm³/mol. The minimum atomic E-state index is 0.935. The van der Waals surface area contributed by atoms with Crippen LogP contribution in [-0.4, -0.2) is 13.1 Å². The summed E-state index contributed by atoms with van der Waals surface area (Å²) in [6, 6.07) is 0. The lowest BCUT2D eigenvalue weighted by Crippen LogP contribution is -2.11. The van der Waals surface area contributed by atoms with Gasteiger partial charge >= 0.3 is 0 Å². The van der Waals surface area contributed by atoms with E-state index in [1.807, 2.05) is 13.8 Å². The van der Waals surface area contributed by atoms with E-state index in [9.17, 15) is 0 Å². The molecule has 1 heteroatoms. The van der Waals surface area contributed by atoms with Crippen LogP contribution in [-0.2, 0) is 0 Å². The van der Waals surface area contributed by atoms with E-state index in [2.05, 4.69) is 19.2 Å². The highest BCUT2D eigenvalue weighted by atomic mass is 14.9. The smallest absolute Gasteiger partial charge is 0.00199 e. The van der Waals surface area contributed by atoms with Crippen molar-refractivity contribution in [1.29, 1.82) is 0 Å². The number of rotatable bonds is 3. The number of nitrogens with one attached hydrogen (secondary N) is 1. The maximum absolute atomic E-state index is 3.40. The Labute approximate surface area is 77.9 Å². The lowest BCUT2D eigenvalue weighted by molar-refractivity contribution is 0.405. The van der Waals surface area contributed by atoms with E-state index >= 15 is 0 Å². The normalized spacial score (nSPS) is 24.5. The molecule has 0 spiro atoms. The van der Waals surface area contributed by atoms with Crippen LogP contribution in [0.4, 0.5) is 0 Å². The molecule has 2 unspecified atom stereocenters. The summed E-state index contributed by atoms with van der Waals surface area (Å²) >= 11 is 0. The zero-order valence-electron chi connectivity index (χ0n) is 9.19. The third kappa shape index (κ3) is 4.76. The molecule has 0 bridgehead atoms. The molecule has 1 aliphatic rings. The predicted octanol–water partition coefficient (Wildman–Crippen LogP) is 3.06. The molecule has 1 aliphatic heterocycles. The van der Waals surface area contributed by atoms with Crippen LogP contribution in [0.1, 0.15) is 47.0 Å². The topological polar surface area (TPSA) is 12.0 Å². The summed E-state index contributed by atoms with van der Waals surface area (Å²) in [5, 5.41) is 3.40. The van der Waals surface area contributed by atoms with Crippen LogP contribution in [0, 0.1) is 11.8 Å². The Kier molecular flexibility index (Phi) is 7.58. The van der Waals surface area contributed by atoms with Crippen LogP contribution in [0.2, 0.25) is 0 Å². The second-order valence-electron chi connectivity index (χ2n) is 3.61. The minimum Gasteiger partial charge on any atom is -0.316 e. The van der Waals surface area contributed by atoms with E-state index in [1.54, 1.807) is 0 Å². The van der Waals surface area contributed by atoms with Crippen LogP contribution in [0.3, 0.4) is 0 Å². The molecule has 0 amide bonds. The molecule has 0 aromatic rings. The molecular weight excluding hydrogens is 146 g/mol. The van der Waals surface area contributed by atoms with Crippen molar-refractivity contribution in [3.05, 3.63) is 0 Å². The van der Waals surface area contributed by atoms with Gasteiger partial charge in [-0.05, 0) is 37.8 Å². The van der Waals surface area contributed by atoms with Gasteiger partial charge in [0.2, 0.25) is 0 Å². The monoisotopic (exact) mass is 171 g/mol. The molecule has 1 N–H and O–H groups in total. The van der Waals surface area contributed by atoms with Gasteiger partial charge in [0.1, 0.15) is 0 Å². The summed E-state index contributed by atoms with van der Waals surface area (Å²) < 4.78 is 0. The summed E-state index contributed by atoms with van der Waals surface area (Å²) in [4.78, 5) is 0. The minimum absolute atomic E-state index is 0.935. The fourth-order valence-corrected chi connectivity index (χ4v) is 1.65. The van der Waals surface area contributed by atoms with Gasteiger partial charge in [0.25, 0.3) is 0 Å². The molecule has 2 atom stereocenters. The average Bonchev–Trinajstić information content (AvgIpc) is 2.60. The molecule has 0 radical (unpaired) electrons. The largest absolute Gasteiger partial charge is 0.316 e. The Morgan fingerprint density at radius 1 is 1.42 bits per heavy atom. The van der Waals surface area contributed by atoms with Crippen molar-refractivity contribution in [2.45, 2.75) is 47.0 Å². The van der Waals surface area contributed by atoms with Crippen LogP contribution in [0.25, 0.3) is 0 Å². The van der Waals surface area contributed by atoms with Gasteiger partial charge in [-0.2, -0.15) is 0 Å². The van der Waals surface area contributed by atoms with Crippen molar-refractivity contribution in [3.8, 4) is 0 Å². The van der Waals surface area contributed by atoms with Crippen molar-refractivity contribution in [1.82, 2.24) is 5.32 Å². The highest BCUT2D eigenvalue weighted by molar-refractivity contribution is 4.72. The van der Waals surface area contributed by atoms with Crippen molar-refractivity contribution in [2.24, 2.45) is 11.8 Å². The molecule has 1 heterocycles. The second kappa shape index (κ2) is 7.60. The van der Waals surface area contributed by atoms with Gasteiger partial charge < -0.3 is 5.32 Å². The summed E-state index contributed by atoms with van der Waals surface area (Å²) in [5.74, 6) is 1.92. The lowest BCUT2D eigenvalue weighted by Gasteiger charge is -2.12. The summed E-state index contributed by atoms with van der Waals surface area (Å²) in [6.45, 7) is 11.2. The Balaban J connectivity index is 0.000000561. The van der Waals surface area contributed by atoms with Gasteiger partial charge in [-0.25, -0.2) is 0 Å². The maximum Gasteiger partial charge on any atom is -0.00199 e. The first-order valence-corrected chi connectivity index (χ1v) is 5.53. The van der Waals surface area contributed by atoms with Gasteiger partial charge in [0.15, 0.2) is 0 Å². The van der Waals surface area contributed by atoms with E-state index in [4.69, 9.17) is 0 Å². The standard InChI is InChI=1S/C9H19N.C2H6/c1-3-8(2)6-9-4-5-10-7-9;1-2/h8-10H,3-7H2,1-2H3;1-2H3. The van der Waals surface area contributed by atoms with E-state index in [1.165, 1.54) is 32.4 Å². The van der Waals surface area contributed by atoms with E-state index < -0.39 is 0 Å². The Morgan fingerprint density at radius 2 is 2.08 bits per heavy atom.